The van der Waals surface area contributed by atoms with Crippen molar-refractivity contribution >= 4 is 5.91 Å². The second kappa shape index (κ2) is 12.7. The van der Waals surface area contributed by atoms with E-state index < -0.39 is 0 Å². The fourth-order valence-electron chi connectivity index (χ4n) is 8.44. The van der Waals surface area contributed by atoms with Crippen LogP contribution >= 0.6 is 0 Å². The van der Waals surface area contributed by atoms with E-state index in [9.17, 15) is 4.79 Å². The third-order valence-corrected chi connectivity index (χ3v) is 10.5. The summed E-state index contributed by atoms with van der Waals surface area (Å²) >= 11 is 0. The SMILES string of the molecule is NCCNCC1CCC(C2CCC3CNN(CC4CCCC(C(=O)N5CCCCC5)C4)C3C2)CC1. The molecule has 0 bridgehead atoms. The number of nitrogens with zero attached hydrogens (tertiary/aromatic N) is 2. The maximum Gasteiger partial charge on any atom is 0.225 e. The smallest absolute Gasteiger partial charge is 0.225 e. The third-order valence-electron chi connectivity index (χ3n) is 10.5. The Kier molecular flexibility index (Phi) is 9.42. The highest BCUT2D eigenvalue weighted by molar-refractivity contribution is 5.79. The summed E-state index contributed by atoms with van der Waals surface area (Å²) in [6.07, 6.45) is 18.5. The lowest BCUT2D eigenvalue weighted by Gasteiger charge is -2.42. The average molecular weight is 488 g/mol. The summed E-state index contributed by atoms with van der Waals surface area (Å²) in [5, 5.41) is 6.20. The molecule has 0 aromatic heterocycles. The van der Waals surface area contributed by atoms with E-state index in [-0.39, 0.29) is 0 Å². The number of fused-ring (bicyclic) bond motifs is 1. The Morgan fingerprint density at radius 1 is 0.829 bits per heavy atom. The first-order chi connectivity index (χ1) is 17.2. The first-order valence-corrected chi connectivity index (χ1v) is 15.4. The Balaban J connectivity index is 1.09. The van der Waals surface area contributed by atoms with Crippen molar-refractivity contribution in [2.24, 2.45) is 41.2 Å². The zero-order chi connectivity index (χ0) is 24.0. The number of rotatable bonds is 8. The van der Waals surface area contributed by atoms with Crippen LogP contribution in [0.5, 0.6) is 0 Å². The maximum atomic E-state index is 13.2. The van der Waals surface area contributed by atoms with E-state index in [1.807, 2.05) is 0 Å². The number of hydrogen-bond acceptors (Lipinski definition) is 5. The molecular formula is C29H53N5O. The van der Waals surface area contributed by atoms with Gasteiger partial charge in [0.15, 0.2) is 0 Å². The van der Waals surface area contributed by atoms with E-state index in [1.165, 1.54) is 90.1 Å². The molecule has 5 unspecified atom stereocenters. The van der Waals surface area contributed by atoms with E-state index in [1.54, 1.807) is 0 Å². The molecule has 0 spiro atoms. The molecule has 0 radical (unpaired) electrons. The Labute approximate surface area is 214 Å². The molecule has 5 fully saturated rings. The summed E-state index contributed by atoms with van der Waals surface area (Å²) in [7, 11) is 0. The standard InChI is InChI=1S/C29H53N5O/c30-13-14-31-19-22-7-9-24(10-8-22)25-11-12-27-20-32-34(28(27)18-25)21-23-5-4-6-26(17-23)29(35)33-15-2-1-3-16-33/h22-28,31-32H,1-21,30H2. The van der Waals surface area contributed by atoms with Crippen LogP contribution in [0.1, 0.15) is 89.9 Å². The molecular weight excluding hydrogens is 434 g/mol. The zero-order valence-corrected chi connectivity index (χ0v) is 22.3. The van der Waals surface area contributed by atoms with Crippen LogP contribution in [0, 0.1) is 35.5 Å². The number of piperidine rings is 1. The van der Waals surface area contributed by atoms with Gasteiger partial charge in [-0.15, -0.1) is 0 Å². The van der Waals surface area contributed by atoms with Crippen molar-refractivity contribution in [2.75, 3.05) is 45.8 Å². The van der Waals surface area contributed by atoms with Crippen LogP contribution in [0.15, 0.2) is 0 Å². The number of amides is 1. The minimum Gasteiger partial charge on any atom is -0.342 e. The predicted octanol–water partition coefficient (Wildman–Crippen LogP) is 3.77. The third kappa shape index (κ3) is 6.61. The summed E-state index contributed by atoms with van der Waals surface area (Å²) in [6, 6.07) is 0.732. The second-order valence-electron chi connectivity index (χ2n) is 12.8. The van der Waals surface area contributed by atoms with Crippen LogP contribution in [0.3, 0.4) is 0 Å². The summed E-state index contributed by atoms with van der Waals surface area (Å²) < 4.78 is 0. The van der Waals surface area contributed by atoms with Gasteiger partial charge in [-0.2, -0.15) is 0 Å². The Morgan fingerprint density at radius 2 is 1.60 bits per heavy atom. The van der Waals surface area contributed by atoms with Gasteiger partial charge >= 0.3 is 0 Å². The quantitative estimate of drug-likeness (QED) is 0.455. The molecule has 3 aliphatic carbocycles. The lowest BCUT2D eigenvalue weighted by Crippen LogP contribution is -2.46. The van der Waals surface area contributed by atoms with Crippen molar-refractivity contribution in [3.63, 3.8) is 0 Å². The van der Waals surface area contributed by atoms with Crippen LogP contribution in [-0.2, 0) is 4.79 Å². The van der Waals surface area contributed by atoms with Crippen molar-refractivity contribution < 1.29 is 4.79 Å². The first-order valence-electron chi connectivity index (χ1n) is 15.4. The van der Waals surface area contributed by atoms with Gasteiger partial charge in [0, 0.05) is 51.2 Å². The lowest BCUT2D eigenvalue weighted by molar-refractivity contribution is -0.138. The lowest BCUT2D eigenvalue weighted by atomic mass is 9.68. The van der Waals surface area contributed by atoms with Crippen molar-refractivity contribution in [3.05, 3.63) is 0 Å². The molecule has 4 N–H and O–H groups in total. The fourth-order valence-corrected chi connectivity index (χ4v) is 8.44. The topological polar surface area (TPSA) is 73.6 Å². The molecule has 5 atom stereocenters. The number of hydrazine groups is 1. The second-order valence-corrected chi connectivity index (χ2v) is 12.8. The van der Waals surface area contributed by atoms with Crippen molar-refractivity contribution in [1.29, 1.82) is 0 Å². The molecule has 2 saturated heterocycles. The van der Waals surface area contributed by atoms with Gasteiger partial charge < -0.3 is 16.0 Å². The molecule has 2 heterocycles. The monoisotopic (exact) mass is 487 g/mol. The van der Waals surface area contributed by atoms with Gasteiger partial charge in [0.25, 0.3) is 0 Å². The molecule has 6 heteroatoms. The highest BCUT2D eigenvalue weighted by Gasteiger charge is 2.42. The van der Waals surface area contributed by atoms with E-state index in [0.29, 0.717) is 17.7 Å². The van der Waals surface area contributed by atoms with Crippen molar-refractivity contribution in [2.45, 2.75) is 95.9 Å². The molecule has 0 aromatic rings. The van der Waals surface area contributed by atoms with Gasteiger partial charge in [-0.3, -0.25) is 10.2 Å². The molecule has 1 amide bonds. The highest BCUT2D eigenvalue weighted by atomic mass is 16.2. The van der Waals surface area contributed by atoms with E-state index in [4.69, 9.17) is 5.73 Å². The largest absolute Gasteiger partial charge is 0.342 e. The summed E-state index contributed by atoms with van der Waals surface area (Å²) in [4.78, 5) is 15.4. The number of nitrogens with two attached hydrogens (primary N) is 1. The summed E-state index contributed by atoms with van der Waals surface area (Å²) in [5.41, 5.74) is 9.47. The van der Waals surface area contributed by atoms with E-state index in [2.05, 4.69) is 20.7 Å². The van der Waals surface area contributed by atoms with Crippen LogP contribution in [0.4, 0.5) is 0 Å². The normalized spacial score (nSPS) is 38.9. The predicted molar refractivity (Wildman–Crippen MR) is 143 cm³/mol. The van der Waals surface area contributed by atoms with Gasteiger partial charge in [0.05, 0.1) is 0 Å². The number of carbonyl (C=O) groups is 1. The molecule has 6 nitrogen and oxygen atoms in total. The van der Waals surface area contributed by atoms with Crippen LogP contribution in [0.2, 0.25) is 0 Å². The Hall–Kier alpha value is -0.690. The van der Waals surface area contributed by atoms with E-state index in [0.717, 1.165) is 75.3 Å². The molecule has 3 saturated carbocycles. The fraction of sp³-hybridized carbons (Fsp3) is 0.966. The molecule has 5 rings (SSSR count). The minimum absolute atomic E-state index is 0.291. The minimum atomic E-state index is 0.291. The zero-order valence-electron chi connectivity index (χ0n) is 22.3. The van der Waals surface area contributed by atoms with Gasteiger partial charge in [-0.1, -0.05) is 6.42 Å². The Bertz CT molecular complexity index is 659. The van der Waals surface area contributed by atoms with Crippen molar-refractivity contribution in [3.8, 4) is 0 Å². The number of likely N-dealkylation sites (tertiary alicyclic amines) is 1. The van der Waals surface area contributed by atoms with Crippen molar-refractivity contribution in [1.82, 2.24) is 20.7 Å². The van der Waals surface area contributed by atoms with Gasteiger partial charge in [0.2, 0.25) is 5.91 Å². The molecule has 2 aliphatic heterocycles. The number of carbonyl (C=O) groups excluding carboxylic acids is 1. The molecule has 0 aromatic carbocycles. The van der Waals surface area contributed by atoms with Crippen LogP contribution in [0.25, 0.3) is 0 Å². The first kappa shape index (κ1) is 25.9. The summed E-state index contributed by atoms with van der Waals surface area (Å²) in [5.74, 6) is 5.04. The average Bonchev–Trinajstić information content (AvgIpc) is 3.31. The van der Waals surface area contributed by atoms with Gasteiger partial charge in [-0.25, -0.2) is 5.01 Å². The summed E-state index contributed by atoms with van der Waals surface area (Å²) in [6.45, 7) is 7.23. The Morgan fingerprint density at radius 3 is 2.40 bits per heavy atom. The highest BCUT2D eigenvalue weighted by Crippen LogP contribution is 2.44. The molecule has 35 heavy (non-hydrogen) atoms. The number of nitrogens with one attached hydrogen (secondary N) is 2. The maximum absolute atomic E-state index is 13.2. The van der Waals surface area contributed by atoms with Gasteiger partial charge in [0.1, 0.15) is 0 Å². The van der Waals surface area contributed by atoms with Gasteiger partial charge in [-0.05, 0) is 120 Å². The number of hydrogen-bond donors (Lipinski definition) is 3. The van der Waals surface area contributed by atoms with E-state index >= 15 is 0 Å². The molecule has 5 aliphatic rings. The van der Waals surface area contributed by atoms with Crippen LogP contribution in [-0.4, -0.2) is 67.7 Å². The molecule has 200 valence electrons. The van der Waals surface area contributed by atoms with Crippen LogP contribution < -0.4 is 16.5 Å².